The van der Waals surface area contributed by atoms with Crippen LogP contribution < -0.4 is 10.2 Å². The van der Waals surface area contributed by atoms with Crippen LogP contribution in [0, 0.1) is 0 Å². The van der Waals surface area contributed by atoms with Crippen molar-refractivity contribution in [2.24, 2.45) is 0 Å². The van der Waals surface area contributed by atoms with E-state index in [-0.39, 0.29) is 11.9 Å². The third kappa shape index (κ3) is 5.01. The molecule has 0 aromatic heterocycles. The Labute approximate surface area is 191 Å². The average molecular weight is 454 g/mol. The molecule has 0 saturated carbocycles. The first-order valence-electron chi connectivity index (χ1n) is 9.98. The summed E-state index contributed by atoms with van der Waals surface area (Å²) >= 11 is 12.2. The molecule has 1 aliphatic heterocycles. The molecule has 1 N–H and O–H groups in total. The van der Waals surface area contributed by atoms with Gasteiger partial charge in [-0.3, -0.25) is 9.69 Å². The summed E-state index contributed by atoms with van der Waals surface area (Å²) in [6.07, 6.45) is 0.845. The van der Waals surface area contributed by atoms with Gasteiger partial charge in [0.1, 0.15) is 0 Å². The van der Waals surface area contributed by atoms with Crippen LogP contribution in [0.4, 0.5) is 16.2 Å². The normalized spacial score (nSPS) is 13.9. The van der Waals surface area contributed by atoms with Crippen molar-refractivity contribution in [2.45, 2.75) is 13.0 Å². The highest BCUT2D eigenvalue weighted by Crippen LogP contribution is 2.26. The summed E-state index contributed by atoms with van der Waals surface area (Å²) in [6.45, 7) is 1.75. The van der Waals surface area contributed by atoms with E-state index in [9.17, 15) is 9.59 Å². The second-order valence-corrected chi connectivity index (χ2v) is 8.16. The lowest BCUT2D eigenvalue weighted by Gasteiger charge is -2.36. The predicted molar refractivity (Wildman–Crippen MR) is 125 cm³/mol. The van der Waals surface area contributed by atoms with Gasteiger partial charge in [-0.05, 0) is 60.5 Å². The van der Waals surface area contributed by atoms with Crippen molar-refractivity contribution in [3.8, 4) is 0 Å². The molecule has 0 atom stereocenters. The van der Waals surface area contributed by atoms with Crippen molar-refractivity contribution in [3.05, 3.63) is 94.0 Å². The van der Waals surface area contributed by atoms with Crippen molar-refractivity contribution in [1.29, 1.82) is 0 Å². The quantitative estimate of drug-likeness (QED) is 0.508. The van der Waals surface area contributed by atoms with Crippen LogP contribution in [0.1, 0.15) is 22.3 Å². The van der Waals surface area contributed by atoms with Crippen LogP contribution in [0.25, 0.3) is 0 Å². The highest BCUT2D eigenvalue weighted by Gasteiger charge is 2.27. The number of amides is 3. The Morgan fingerprint density at radius 3 is 2.48 bits per heavy atom. The smallest absolute Gasteiger partial charge is 0.322 e. The number of rotatable bonds is 5. The number of halogens is 2. The average Bonchev–Trinajstić information content (AvgIpc) is 2.77. The van der Waals surface area contributed by atoms with E-state index < -0.39 is 0 Å². The van der Waals surface area contributed by atoms with Gasteiger partial charge in [-0.25, -0.2) is 4.79 Å². The molecule has 0 unspecified atom stereocenters. The molecule has 1 saturated heterocycles. The number of nitrogens with zero attached hydrogens (tertiary/aromatic N) is 2. The van der Waals surface area contributed by atoms with E-state index in [1.807, 2.05) is 42.5 Å². The first kappa shape index (κ1) is 21.2. The number of anilines is 2. The maximum absolute atomic E-state index is 13.1. The summed E-state index contributed by atoms with van der Waals surface area (Å²) in [5.41, 5.74) is 2.79. The SMILES string of the molecule is O=C(Nc1cccc(N2CCCN(Cc3ccccc3Cl)C2=O)c1)c1ccc(Cl)cc1. The molecule has 5 nitrogen and oxygen atoms in total. The molecule has 0 bridgehead atoms. The van der Waals surface area contributed by atoms with Crippen molar-refractivity contribution >= 4 is 46.5 Å². The highest BCUT2D eigenvalue weighted by atomic mass is 35.5. The topological polar surface area (TPSA) is 52.7 Å². The fourth-order valence-electron chi connectivity index (χ4n) is 3.56. The monoisotopic (exact) mass is 453 g/mol. The number of nitrogens with one attached hydrogen (secondary N) is 1. The number of hydrogen-bond acceptors (Lipinski definition) is 2. The van der Waals surface area contributed by atoms with Gasteiger partial charge in [0.05, 0.1) is 0 Å². The van der Waals surface area contributed by atoms with Gasteiger partial charge in [-0.1, -0.05) is 47.5 Å². The van der Waals surface area contributed by atoms with Crippen LogP contribution in [0.5, 0.6) is 0 Å². The minimum absolute atomic E-state index is 0.0765. The summed E-state index contributed by atoms with van der Waals surface area (Å²) in [4.78, 5) is 29.2. The van der Waals surface area contributed by atoms with Gasteiger partial charge in [0, 0.05) is 46.6 Å². The predicted octanol–water partition coefficient (Wildman–Crippen LogP) is 6.08. The van der Waals surface area contributed by atoms with Crippen LogP contribution in [-0.2, 0) is 6.54 Å². The summed E-state index contributed by atoms with van der Waals surface area (Å²) in [5, 5.41) is 4.10. The second-order valence-electron chi connectivity index (χ2n) is 7.31. The van der Waals surface area contributed by atoms with E-state index in [0.717, 1.165) is 17.7 Å². The van der Waals surface area contributed by atoms with E-state index >= 15 is 0 Å². The molecule has 0 spiro atoms. The standard InChI is InChI=1S/C24H21Cl2N3O2/c25-19-11-9-17(10-12-19)23(30)27-20-6-3-7-21(15-20)29-14-4-13-28(24(29)31)16-18-5-1-2-8-22(18)26/h1-3,5-12,15H,4,13-14,16H2,(H,27,30). The van der Waals surface area contributed by atoms with Gasteiger partial charge in [-0.15, -0.1) is 0 Å². The highest BCUT2D eigenvalue weighted by molar-refractivity contribution is 6.31. The minimum Gasteiger partial charge on any atom is -0.322 e. The zero-order valence-electron chi connectivity index (χ0n) is 16.7. The molecule has 3 aromatic carbocycles. The lowest BCUT2D eigenvalue weighted by Crippen LogP contribution is -2.49. The molecule has 1 fully saturated rings. The van der Waals surface area contributed by atoms with Crippen LogP contribution in [0.3, 0.4) is 0 Å². The molecule has 3 amide bonds. The Hall–Kier alpha value is -3.02. The molecular formula is C24H21Cl2N3O2. The molecule has 1 heterocycles. The molecule has 158 valence electrons. The number of carbonyl (C=O) groups is 2. The summed E-state index contributed by atoms with van der Waals surface area (Å²) in [7, 11) is 0. The Morgan fingerprint density at radius 1 is 0.935 bits per heavy atom. The Bertz CT molecular complexity index is 1100. The van der Waals surface area contributed by atoms with Crippen LogP contribution >= 0.6 is 23.2 Å². The second kappa shape index (κ2) is 9.41. The molecule has 4 rings (SSSR count). The molecule has 31 heavy (non-hydrogen) atoms. The minimum atomic E-state index is -0.237. The lowest BCUT2D eigenvalue weighted by molar-refractivity contribution is 0.102. The first-order valence-corrected chi connectivity index (χ1v) is 10.7. The molecule has 1 aliphatic rings. The summed E-state index contributed by atoms with van der Waals surface area (Å²) in [6, 6.07) is 21.5. The maximum atomic E-state index is 13.1. The van der Waals surface area contributed by atoms with Gasteiger partial charge in [0.25, 0.3) is 5.91 Å². The fraction of sp³-hybridized carbons (Fsp3) is 0.167. The number of carbonyl (C=O) groups excluding carboxylic acids is 2. The van der Waals surface area contributed by atoms with Crippen LogP contribution in [-0.4, -0.2) is 29.9 Å². The fourth-order valence-corrected chi connectivity index (χ4v) is 3.88. The molecule has 0 aliphatic carbocycles. The van der Waals surface area contributed by atoms with Gasteiger partial charge >= 0.3 is 6.03 Å². The van der Waals surface area contributed by atoms with Crippen molar-refractivity contribution in [2.75, 3.05) is 23.3 Å². The number of benzene rings is 3. The van der Waals surface area contributed by atoms with Gasteiger partial charge in [0.15, 0.2) is 0 Å². The molecule has 0 radical (unpaired) electrons. The third-order valence-corrected chi connectivity index (χ3v) is 5.77. The molecular weight excluding hydrogens is 433 g/mol. The molecule has 7 heteroatoms. The van der Waals surface area contributed by atoms with Crippen molar-refractivity contribution in [1.82, 2.24) is 4.90 Å². The Balaban J connectivity index is 1.48. The van der Waals surface area contributed by atoms with E-state index in [1.165, 1.54) is 0 Å². The number of hydrogen-bond donors (Lipinski definition) is 1. The Morgan fingerprint density at radius 2 is 1.71 bits per heavy atom. The third-order valence-electron chi connectivity index (χ3n) is 5.15. The largest absolute Gasteiger partial charge is 0.324 e. The Kier molecular flexibility index (Phi) is 6.44. The van der Waals surface area contributed by atoms with E-state index in [2.05, 4.69) is 5.32 Å². The number of urea groups is 1. The van der Waals surface area contributed by atoms with E-state index in [4.69, 9.17) is 23.2 Å². The maximum Gasteiger partial charge on any atom is 0.324 e. The van der Waals surface area contributed by atoms with Crippen LogP contribution in [0.15, 0.2) is 72.8 Å². The lowest BCUT2D eigenvalue weighted by atomic mass is 10.1. The van der Waals surface area contributed by atoms with Gasteiger partial charge < -0.3 is 10.2 Å². The summed E-state index contributed by atoms with van der Waals surface area (Å²) < 4.78 is 0. The van der Waals surface area contributed by atoms with Gasteiger partial charge in [-0.2, -0.15) is 0 Å². The zero-order chi connectivity index (χ0) is 21.8. The zero-order valence-corrected chi connectivity index (χ0v) is 18.2. The molecule has 3 aromatic rings. The van der Waals surface area contributed by atoms with E-state index in [1.54, 1.807) is 40.1 Å². The van der Waals surface area contributed by atoms with E-state index in [0.29, 0.717) is 40.9 Å². The van der Waals surface area contributed by atoms with Crippen LogP contribution in [0.2, 0.25) is 10.0 Å². The van der Waals surface area contributed by atoms with Gasteiger partial charge in [0.2, 0.25) is 0 Å². The van der Waals surface area contributed by atoms with Crippen molar-refractivity contribution in [3.63, 3.8) is 0 Å². The summed E-state index contributed by atoms with van der Waals surface area (Å²) in [5.74, 6) is -0.237. The van der Waals surface area contributed by atoms with Crippen molar-refractivity contribution < 1.29 is 9.59 Å². The first-order chi connectivity index (χ1) is 15.0.